The molecule has 10 heteroatoms. The molecule has 0 unspecified atom stereocenters. The van der Waals surface area contributed by atoms with Crippen LogP contribution in [0.1, 0.15) is 74.0 Å². The third-order valence-corrected chi connectivity index (χ3v) is 6.09. The topological polar surface area (TPSA) is 128 Å². The maximum atomic E-state index is 12.8. The van der Waals surface area contributed by atoms with E-state index in [-0.39, 0.29) is 29.3 Å². The van der Waals surface area contributed by atoms with Gasteiger partial charge in [0, 0.05) is 12.3 Å². The van der Waals surface area contributed by atoms with E-state index in [9.17, 15) is 24.0 Å². The summed E-state index contributed by atoms with van der Waals surface area (Å²) in [6.45, 7) is 2.57. The van der Waals surface area contributed by atoms with Gasteiger partial charge < -0.3 is 19.5 Å². The van der Waals surface area contributed by atoms with Crippen molar-refractivity contribution in [2.24, 2.45) is 0 Å². The van der Waals surface area contributed by atoms with E-state index < -0.39 is 36.3 Å². The van der Waals surface area contributed by atoms with Crippen LogP contribution in [0.4, 0.5) is 5.69 Å². The fourth-order valence-corrected chi connectivity index (χ4v) is 4.07. The number of nitrogens with zero attached hydrogens (tertiary/aromatic N) is 1. The first kappa shape index (κ1) is 26.0. The van der Waals surface area contributed by atoms with Crippen molar-refractivity contribution in [1.29, 1.82) is 0 Å². The Kier molecular flexibility index (Phi) is 8.29. The average Bonchev–Trinajstić information content (AvgIpc) is 3.50. The van der Waals surface area contributed by atoms with Crippen molar-refractivity contribution < 1.29 is 38.2 Å². The Morgan fingerprint density at radius 2 is 1.68 bits per heavy atom. The summed E-state index contributed by atoms with van der Waals surface area (Å²) < 4.78 is 15.7. The summed E-state index contributed by atoms with van der Waals surface area (Å²) in [5.74, 6) is -2.73. The van der Waals surface area contributed by atoms with Gasteiger partial charge in [0.1, 0.15) is 0 Å². The molecule has 3 amide bonds. The summed E-state index contributed by atoms with van der Waals surface area (Å²) >= 11 is 0. The van der Waals surface area contributed by atoms with Gasteiger partial charge in [0.15, 0.2) is 6.61 Å². The lowest BCUT2D eigenvalue weighted by Gasteiger charge is -2.17. The first-order valence-corrected chi connectivity index (χ1v) is 12.2. The third kappa shape index (κ3) is 6.21. The lowest BCUT2D eigenvalue weighted by molar-refractivity contribution is -0.119. The SMILES string of the molecule is CCCCOC(=O)c1ccc(NC(=O)COC(=O)c2ccc3c(c2)C(=O)N(C[C@@H]2CCCO2)C3=O)cc1. The fraction of sp³-hybridized carbons (Fsp3) is 0.370. The molecule has 2 aromatic carbocycles. The highest BCUT2D eigenvalue weighted by Crippen LogP contribution is 2.26. The van der Waals surface area contributed by atoms with Gasteiger partial charge in [0.05, 0.1) is 41.5 Å². The van der Waals surface area contributed by atoms with Gasteiger partial charge in [0.25, 0.3) is 17.7 Å². The fourth-order valence-electron chi connectivity index (χ4n) is 4.07. The number of imide groups is 1. The molecule has 0 bridgehead atoms. The number of carbonyl (C=O) groups excluding carboxylic acids is 5. The van der Waals surface area contributed by atoms with Gasteiger partial charge in [-0.3, -0.25) is 19.3 Å². The molecule has 1 N–H and O–H groups in total. The quantitative estimate of drug-likeness (QED) is 0.294. The average molecular weight is 509 g/mol. The zero-order valence-corrected chi connectivity index (χ0v) is 20.5. The Balaban J connectivity index is 1.29. The van der Waals surface area contributed by atoms with Crippen LogP contribution in [0.3, 0.4) is 0 Å². The number of unbranched alkanes of at least 4 members (excludes halogenated alkanes) is 1. The van der Waals surface area contributed by atoms with Crippen molar-refractivity contribution in [1.82, 2.24) is 4.90 Å². The van der Waals surface area contributed by atoms with E-state index in [4.69, 9.17) is 14.2 Å². The molecule has 1 fully saturated rings. The number of esters is 2. The summed E-state index contributed by atoms with van der Waals surface area (Å²) in [4.78, 5) is 63.2. The van der Waals surface area contributed by atoms with E-state index in [1.54, 1.807) is 12.1 Å². The van der Waals surface area contributed by atoms with E-state index in [0.717, 1.165) is 30.6 Å². The van der Waals surface area contributed by atoms with E-state index in [1.807, 2.05) is 6.92 Å². The zero-order valence-electron chi connectivity index (χ0n) is 20.5. The second kappa shape index (κ2) is 11.8. The van der Waals surface area contributed by atoms with Crippen molar-refractivity contribution in [2.75, 3.05) is 31.7 Å². The number of amides is 3. The van der Waals surface area contributed by atoms with Crippen molar-refractivity contribution in [3.05, 3.63) is 64.7 Å². The van der Waals surface area contributed by atoms with Gasteiger partial charge in [-0.2, -0.15) is 0 Å². The maximum absolute atomic E-state index is 12.8. The second-order valence-electron chi connectivity index (χ2n) is 8.81. The van der Waals surface area contributed by atoms with Gasteiger partial charge in [0.2, 0.25) is 0 Å². The summed E-state index contributed by atoms with van der Waals surface area (Å²) in [6, 6.07) is 10.3. The van der Waals surface area contributed by atoms with Gasteiger partial charge in [-0.15, -0.1) is 0 Å². The number of rotatable bonds is 10. The molecule has 2 aromatic rings. The number of hydrogen-bond donors (Lipinski definition) is 1. The Bertz CT molecular complexity index is 1200. The lowest BCUT2D eigenvalue weighted by Crippen LogP contribution is -2.36. The molecule has 2 aliphatic heterocycles. The van der Waals surface area contributed by atoms with Crippen LogP contribution < -0.4 is 5.32 Å². The number of nitrogens with one attached hydrogen (secondary N) is 1. The van der Waals surface area contributed by atoms with Crippen molar-refractivity contribution in [3.63, 3.8) is 0 Å². The highest BCUT2D eigenvalue weighted by atomic mass is 16.5. The third-order valence-electron chi connectivity index (χ3n) is 6.09. The van der Waals surface area contributed by atoms with Crippen molar-refractivity contribution in [2.45, 2.75) is 38.7 Å². The molecule has 0 aliphatic carbocycles. The van der Waals surface area contributed by atoms with E-state index in [2.05, 4.69) is 5.32 Å². The second-order valence-corrected chi connectivity index (χ2v) is 8.81. The predicted molar refractivity (Wildman–Crippen MR) is 131 cm³/mol. The summed E-state index contributed by atoms with van der Waals surface area (Å²) in [7, 11) is 0. The molecule has 2 aliphatic rings. The van der Waals surface area contributed by atoms with Crippen molar-refractivity contribution in [3.8, 4) is 0 Å². The standard InChI is InChI=1S/C27H28N2O8/c1-2-3-12-36-26(33)17-6-9-19(10-7-17)28-23(30)16-37-27(34)18-8-11-21-22(14-18)25(32)29(24(21)31)15-20-5-4-13-35-20/h6-11,14,20H,2-5,12-13,15-16H2,1H3,(H,28,30)/t20-/m0/s1. The molecule has 4 rings (SSSR count). The Morgan fingerprint density at radius 1 is 0.973 bits per heavy atom. The van der Waals surface area contributed by atoms with Gasteiger partial charge in [-0.05, 0) is 61.7 Å². The van der Waals surface area contributed by atoms with Crippen LogP contribution in [-0.2, 0) is 19.0 Å². The van der Waals surface area contributed by atoms with Gasteiger partial charge in [-0.25, -0.2) is 9.59 Å². The van der Waals surface area contributed by atoms with Crippen LogP contribution in [0.2, 0.25) is 0 Å². The molecule has 0 aromatic heterocycles. The lowest BCUT2D eigenvalue weighted by atomic mass is 10.1. The van der Waals surface area contributed by atoms with Crippen LogP contribution in [0.5, 0.6) is 0 Å². The van der Waals surface area contributed by atoms with E-state index in [1.165, 1.54) is 30.3 Å². The predicted octanol–water partition coefficient (Wildman–Crippen LogP) is 3.21. The molecule has 0 saturated carbocycles. The largest absolute Gasteiger partial charge is 0.462 e. The smallest absolute Gasteiger partial charge is 0.338 e. The minimum absolute atomic E-state index is 0.0533. The minimum atomic E-state index is -0.805. The molecule has 2 heterocycles. The number of ether oxygens (including phenoxy) is 3. The monoisotopic (exact) mass is 508 g/mol. The Labute approximate surface area is 213 Å². The van der Waals surface area contributed by atoms with E-state index in [0.29, 0.717) is 24.5 Å². The van der Waals surface area contributed by atoms with Crippen LogP contribution in [0.25, 0.3) is 0 Å². The minimum Gasteiger partial charge on any atom is -0.462 e. The van der Waals surface area contributed by atoms with Crippen LogP contribution >= 0.6 is 0 Å². The van der Waals surface area contributed by atoms with Gasteiger partial charge in [-0.1, -0.05) is 13.3 Å². The molecule has 1 saturated heterocycles. The number of hydrogen-bond acceptors (Lipinski definition) is 8. The molecule has 1 atom stereocenters. The normalized spacial score (nSPS) is 16.5. The molecular weight excluding hydrogens is 480 g/mol. The van der Waals surface area contributed by atoms with Crippen molar-refractivity contribution >= 4 is 35.3 Å². The maximum Gasteiger partial charge on any atom is 0.338 e. The highest BCUT2D eigenvalue weighted by Gasteiger charge is 2.38. The molecule has 194 valence electrons. The van der Waals surface area contributed by atoms with Crippen LogP contribution in [0, 0.1) is 0 Å². The molecule has 37 heavy (non-hydrogen) atoms. The Morgan fingerprint density at radius 3 is 2.38 bits per heavy atom. The highest BCUT2D eigenvalue weighted by molar-refractivity contribution is 6.22. The molecule has 10 nitrogen and oxygen atoms in total. The zero-order chi connectivity index (χ0) is 26.4. The number of carbonyl (C=O) groups is 5. The van der Waals surface area contributed by atoms with Crippen LogP contribution in [-0.4, -0.2) is 67.0 Å². The summed E-state index contributed by atoms with van der Waals surface area (Å²) in [5, 5.41) is 2.58. The van der Waals surface area contributed by atoms with Gasteiger partial charge >= 0.3 is 11.9 Å². The summed E-state index contributed by atoms with van der Waals surface area (Å²) in [6.07, 6.45) is 3.19. The number of anilines is 1. The Hall–Kier alpha value is -4.05. The molecule has 0 radical (unpaired) electrons. The first-order valence-electron chi connectivity index (χ1n) is 12.2. The summed E-state index contributed by atoms with van der Waals surface area (Å²) in [5.41, 5.74) is 1.17. The van der Waals surface area contributed by atoms with Crippen LogP contribution in [0.15, 0.2) is 42.5 Å². The first-order chi connectivity index (χ1) is 17.9. The number of benzene rings is 2. The molecular formula is C27H28N2O8. The molecule has 0 spiro atoms. The number of fused-ring (bicyclic) bond motifs is 1. The van der Waals surface area contributed by atoms with E-state index >= 15 is 0 Å².